The molecule has 1 N–H and O–H groups in total. The fourth-order valence-corrected chi connectivity index (χ4v) is 1.71. The fraction of sp³-hybridized carbons (Fsp3) is 0.909. The molecule has 0 spiro atoms. The average Bonchev–Trinajstić information content (AvgIpc) is 2.48. The van der Waals surface area contributed by atoms with E-state index in [2.05, 4.69) is 17.1 Å². The lowest BCUT2D eigenvalue weighted by Crippen LogP contribution is -2.40. The van der Waals surface area contributed by atoms with Crippen molar-refractivity contribution in [3.63, 3.8) is 0 Å². The number of nitrogens with zero attached hydrogens (tertiary/aromatic N) is 1. The molecule has 1 atom stereocenters. The van der Waals surface area contributed by atoms with Gasteiger partial charge in [-0.3, -0.25) is 0 Å². The number of carbonyl (C=O) groups excluding carboxylic acids is 1. The van der Waals surface area contributed by atoms with Gasteiger partial charge < -0.3 is 15.0 Å². The lowest BCUT2D eigenvalue weighted by atomic mass is 10.2. The standard InChI is InChI=1S/C11H22N2O2/c1-5-13-7-6-9(8-13)12-10(14)15-11(2,3)4/h9H,5-8H2,1-4H3,(H,12,14)/t9-/m0/s1. The quantitative estimate of drug-likeness (QED) is 0.759. The Bertz CT molecular complexity index is 223. The molecule has 1 rings (SSSR count). The maximum Gasteiger partial charge on any atom is 0.407 e. The van der Waals surface area contributed by atoms with Crippen molar-refractivity contribution in [1.29, 1.82) is 0 Å². The molecule has 0 aromatic carbocycles. The molecule has 88 valence electrons. The smallest absolute Gasteiger partial charge is 0.407 e. The van der Waals surface area contributed by atoms with Gasteiger partial charge in [0.15, 0.2) is 0 Å². The van der Waals surface area contributed by atoms with Gasteiger partial charge >= 0.3 is 6.09 Å². The highest BCUT2D eigenvalue weighted by atomic mass is 16.6. The summed E-state index contributed by atoms with van der Waals surface area (Å²) in [7, 11) is 0. The number of hydrogen-bond acceptors (Lipinski definition) is 3. The van der Waals surface area contributed by atoms with Crippen LogP contribution in [0, 0.1) is 0 Å². The molecule has 0 radical (unpaired) electrons. The van der Waals surface area contributed by atoms with Crippen molar-refractivity contribution in [3.05, 3.63) is 0 Å². The summed E-state index contributed by atoms with van der Waals surface area (Å²) >= 11 is 0. The van der Waals surface area contributed by atoms with Crippen LogP contribution in [0.2, 0.25) is 0 Å². The summed E-state index contributed by atoms with van der Waals surface area (Å²) in [6.07, 6.45) is 0.720. The Morgan fingerprint density at radius 1 is 1.53 bits per heavy atom. The molecular formula is C11H22N2O2. The van der Waals surface area contributed by atoms with E-state index in [0.29, 0.717) is 0 Å². The molecule has 0 aromatic heterocycles. The topological polar surface area (TPSA) is 41.6 Å². The van der Waals surface area contributed by atoms with E-state index in [1.54, 1.807) is 0 Å². The van der Waals surface area contributed by atoms with E-state index < -0.39 is 5.60 Å². The van der Waals surface area contributed by atoms with E-state index in [1.807, 2.05) is 20.8 Å². The van der Waals surface area contributed by atoms with Crippen LogP contribution >= 0.6 is 0 Å². The molecule has 1 aliphatic rings. The van der Waals surface area contributed by atoms with Crippen LogP contribution < -0.4 is 5.32 Å². The van der Waals surface area contributed by atoms with Gasteiger partial charge in [-0.15, -0.1) is 0 Å². The first-order valence-electron chi connectivity index (χ1n) is 5.62. The third kappa shape index (κ3) is 4.51. The zero-order valence-corrected chi connectivity index (χ0v) is 10.2. The van der Waals surface area contributed by atoms with Crippen LogP contribution in [0.4, 0.5) is 4.79 Å². The van der Waals surface area contributed by atoms with Gasteiger partial charge in [0, 0.05) is 19.1 Å². The monoisotopic (exact) mass is 214 g/mol. The lowest BCUT2D eigenvalue weighted by Gasteiger charge is -2.21. The SMILES string of the molecule is CCN1CC[C@H](NC(=O)OC(C)(C)C)C1. The maximum atomic E-state index is 11.5. The van der Waals surface area contributed by atoms with Crippen LogP contribution in [-0.2, 0) is 4.74 Å². The summed E-state index contributed by atoms with van der Waals surface area (Å²) < 4.78 is 5.20. The van der Waals surface area contributed by atoms with Gasteiger partial charge in [0.1, 0.15) is 5.60 Å². The summed E-state index contributed by atoms with van der Waals surface area (Å²) in [4.78, 5) is 13.8. The molecular weight excluding hydrogens is 192 g/mol. The highest BCUT2D eigenvalue weighted by Crippen LogP contribution is 2.10. The second kappa shape index (κ2) is 4.84. The highest BCUT2D eigenvalue weighted by Gasteiger charge is 2.24. The molecule has 0 aliphatic carbocycles. The van der Waals surface area contributed by atoms with E-state index in [4.69, 9.17) is 4.74 Å². The fourth-order valence-electron chi connectivity index (χ4n) is 1.71. The van der Waals surface area contributed by atoms with Crippen molar-refractivity contribution in [3.8, 4) is 0 Å². The van der Waals surface area contributed by atoms with Crippen LogP contribution in [0.3, 0.4) is 0 Å². The van der Waals surface area contributed by atoms with Gasteiger partial charge in [-0.05, 0) is 33.7 Å². The number of rotatable bonds is 2. The van der Waals surface area contributed by atoms with Crippen molar-refractivity contribution in [1.82, 2.24) is 10.2 Å². The van der Waals surface area contributed by atoms with Gasteiger partial charge in [0.25, 0.3) is 0 Å². The Morgan fingerprint density at radius 3 is 2.67 bits per heavy atom. The minimum absolute atomic E-state index is 0.250. The molecule has 0 aromatic rings. The molecule has 0 bridgehead atoms. The Kier molecular flexibility index (Phi) is 3.97. The minimum Gasteiger partial charge on any atom is -0.444 e. The zero-order valence-electron chi connectivity index (χ0n) is 10.2. The number of likely N-dealkylation sites (N-methyl/N-ethyl adjacent to an activating group) is 1. The van der Waals surface area contributed by atoms with Crippen molar-refractivity contribution < 1.29 is 9.53 Å². The second-order valence-electron chi connectivity index (χ2n) is 5.03. The van der Waals surface area contributed by atoms with Crippen molar-refractivity contribution in [2.24, 2.45) is 0 Å². The zero-order chi connectivity index (χ0) is 11.5. The third-order valence-corrected chi connectivity index (χ3v) is 2.44. The number of likely N-dealkylation sites (tertiary alicyclic amines) is 1. The van der Waals surface area contributed by atoms with Crippen LogP contribution in [-0.4, -0.2) is 42.3 Å². The third-order valence-electron chi connectivity index (χ3n) is 2.44. The minimum atomic E-state index is -0.410. The van der Waals surface area contributed by atoms with Gasteiger partial charge in [-0.2, -0.15) is 0 Å². The summed E-state index contributed by atoms with van der Waals surface area (Å²) in [6.45, 7) is 10.8. The lowest BCUT2D eigenvalue weighted by molar-refractivity contribution is 0.0506. The van der Waals surface area contributed by atoms with E-state index >= 15 is 0 Å². The first kappa shape index (κ1) is 12.3. The Morgan fingerprint density at radius 2 is 2.20 bits per heavy atom. The van der Waals surface area contributed by atoms with Crippen molar-refractivity contribution in [2.45, 2.75) is 45.8 Å². The largest absolute Gasteiger partial charge is 0.444 e. The van der Waals surface area contributed by atoms with Gasteiger partial charge in [-0.1, -0.05) is 6.92 Å². The first-order valence-corrected chi connectivity index (χ1v) is 5.62. The molecule has 1 aliphatic heterocycles. The van der Waals surface area contributed by atoms with Crippen LogP contribution in [0.25, 0.3) is 0 Å². The van der Waals surface area contributed by atoms with E-state index in [1.165, 1.54) is 0 Å². The molecule has 4 heteroatoms. The normalized spacial score (nSPS) is 22.8. The highest BCUT2D eigenvalue weighted by molar-refractivity contribution is 5.68. The number of nitrogens with one attached hydrogen (secondary N) is 1. The second-order valence-corrected chi connectivity index (χ2v) is 5.03. The Balaban J connectivity index is 2.28. The Hall–Kier alpha value is -0.770. The summed E-state index contributed by atoms with van der Waals surface area (Å²) in [5, 5.41) is 2.90. The molecule has 4 nitrogen and oxygen atoms in total. The summed E-state index contributed by atoms with van der Waals surface area (Å²) in [5.74, 6) is 0. The molecule has 1 saturated heterocycles. The summed E-state index contributed by atoms with van der Waals surface area (Å²) in [6, 6.07) is 0.250. The van der Waals surface area contributed by atoms with Crippen LogP contribution in [0.5, 0.6) is 0 Å². The molecule has 1 fully saturated rings. The molecule has 1 amide bonds. The van der Waals surface area contributed by atoms with Gasteiger partial charge in [-0.25, -0.2) is 4.79 Å². The number of ether oxygens (including phenoxy) is 1. The average molecular weight is 214 g/mol. The van der Waals surface area contributed by atoms with Crippen LogP contribution in [0.1, 0.15) is 34.1 Å². The number of alkyl carbamates (subject to hydrolysis) is 1. The predicted molar refractivity (Wildman–Crippen MR) is 59.9 cm³/mol. The van der Waals surface area contributed by atoms with Gasteiger partial charge in [0.05, 0.1) is 0 Å². The predicted octanol–water partition coefficient (Wildman–Crippen LogP) is 1.61. The first-order chi connectivity index (χ1) is 6.90. The number of amides is 1. The van der Waals surface area contributed by atoms with Crippen molar-refractivity contribution in [2.75, 3.05) is 19.6 Å². The van der Waals surface area contributed by atoms with E-state index in [-0.39, 0.29) is 12.1 Å². The van der Waals surface area contributed by atoms with Gasteiger partial charge in [0.2, 0.25) is 0 Å². The van der Waals surface area contributed by atoms with Crippen molar-refractivity contribution >= 4 is 6.09 Å². The van der Waals surface area contributed by atoms with E-state index in [0.717, 1.165) is 26.1 Å². The molecule has 15 heavy (non-hydrogen) atoms. The summed E-state index contributed by atoms with van der Waals surface area (Å²) in [5.41, 5.74) is -0.410. The number of carbonyl (C=O) groups is 1. The van der Waals surface area contributed by atoms with Crippen LogP contribution in [0.15, 0.2) is 0 Å². The number of hydrogen-bond donors (Lipinski definition) is 1. The Labute approximate surface area is 92.0 Å². The van der Waals surface area contributed by atoms with E-state index in [9.17, 15) is 4.79 Å². The molecule has 0 unspecified atom stereocenters. The molecule has 0 saturated carbocycles. The molecule has 1 heterocycles. The maximum absolute atomic E-state index is 11.5.